The molecule has 0 radical (unpaired) electrons. The van der Waals surface area contributed by atoms with E-state index in [2.05, 4.69) is 15.8 Å². The van der Waals surface area contributed by atoms with Crippen molar-refractivity contribution in [1.29, 1.82) is 0 Å². The number of hydrogen-bond donors (Lipinski definition) is 2. The van der Waals surface area contributed by atoms with Gasteiger partial charge in [-0.25, -0.2) is 0 Å². The maximum atomic E-state index is 12.3. The summed E-state index contributed by atoms with van der Waals surface area (Å²) in [6.45, 7) is 6.60. The first-order valence-electron chi connectivity index (χ1n) is 8.29. The number of anilines is 2. The molecule has 2 amide bonds. The van der Waals surface area contributed by atoms with Crippen LogP contribution in [-0.4, -0.2) is 41.5 Å². The third-order valence-corrected chi connectivity index (χ3v) is 3.59. The summed E-state index contributed by atoms with van der Waals surface area (Å²) in [5, 5.41) is 9.28. The molecular weight excluding hydrogens is 320 g/mol. The predicted molar refractivity (Wildman–Crippen MR) is 96.4 cm³/mol. The normalized spacial score (nSPS) is 10.7. The zero-order chi connectivity index (χ0) is 18.2. The Morgan fingerprint density at radius 1 is 1.12 bits per heavy atom. The van der Waals surface area contributed by atoms with Crippen LogP contribution in [0.15, 0.2) is 34.9 Å². The maximum Gasteiger partial charge on any atom is 0.239 e. The second-order valence-corrected chi connectivity index (χ2v) is 5.94. The van der Waals surface area contributed by atoms with Crippen LogP contribution >= 0.6 is 0 Å². The van der Waals surface area contributed by atoms with E-state index in [1.54, 1.807) is 17.9 Å². The van der Waals surface area contributed by atoms with Gasteiger partial charge in [0.05, 0.1) is 13.1 Å². The summed E-state index contributed by atoms with van der Waals surface area (Å²) >= 11 is 0. The van der Waals surface area contributed by atoms with Gasteiger partial charge in [0.25, 0.3) is 0 Å². The molecule has 7 nitrogen and oxygen atoms in total. The smallest absolute Gasteiger partial charge is 0.239 e. The number of hydrogen-bond acceptors (Lipinski definition) is 5. The second kappa shape index (κ2) is 8.98. The van der Waals surface area contributed by atoms with Crippen LogP contribution in [0.2, 0.25) is 0 Å². The first kappa shape index (κ1) is 18.7. The Hall–Kier alpha value is -2.67. The average molecular weight is 344 g/mol. The number of para-hydroxylation sites is 1. The molecule has 0 aliphatic rings. The molecule has 2 rings (SSSR count). The number of nitrogens with one attached hydrogen (secondary N) is 2. The number of aryl methyl sites for hydroxylation is 2. The lowest BCUT2D eigenvalue weighted by Gasteiger charge is -2.20. The summed E-state index contributed by atoms with van der Waals surface area (Å²) in [5.41, 5.74) is 1.78. The molecule has 0 spiro atoms. The van der Waals surface area contributed by atoms with Gasteiger partial charge in [-0.2, -0.15) is 0 Å². The number of benzene rings is 1. The number of amides is 2. The van der Waals surface area contributed by atoms with Crippen LogP contribution in [0.3, 0.4) is 0 Å². The quantitative estimate of drug-likeness (QED) is 0.768. The van der Waals surface area contributed by atoms with Crippen molar-refractivity contribution in [2.24, 2.45) is 0 Å². The van der Waals surface area contributed by atoms with Gasteiger partial charge in [-0.15, -0.1) is 0 Å². The molecule has 2 aromatic rings. The molecule has 1 aromatic carbocycles. The molecule has 1 aromatic heterocycles. The lowest BCUT2D eigenvalue weighted by atomic mass is 10.2. The van der Waals surface area contributed by atoms with Crippen LogP contribution in [0.5, 0.6) is 0 Å². The molecule has 0 unspecified atom stereocenters. The predicted octanol–water partition coefficient (Wildman–Crippen LogP) is 2.58. The molecule has 0 saturated heterocycles. The van der Waals surface area contributed by atoms with Crippen molar-refractivity contribution in [2.75, 3.05) is 30.3 Å². The Bertz CT molecular complexity index is 727. The van der Waals surface area contributed by atoms with Gasteiger partial charge in [-0.3, -0.25) is 14.5 Å². The molecule has 0 aliphatic carbocycles. The Labute approximate surface area is 147 Å². The minimum atomic E-state index is -0.231. The van der Waals surface area contributed by atoms with Crippen molar-refractivity contribution in [3.05, 3.63) is 41.7 Å². The molecule has 0 atom stereocenters. The first-order valence-corrected chi connectivity index (χ1v) is 8.29. The Balaban J connectivity index is 1.89. The van der Waals surface area contributed by atoms with Gasteiger partial charge in [-0.1, -0.05) is 30.3 Å². The summed E-state index contributed by atoms with van der Waals surface area (Å²) in [6, 6.07) is 9.24. The lowest BCUT2D eigenvalue weighted by molar-refractivity contribution is -0.120. The summed E-state index contributed by atoms with van der Waals surface area (Å²) in [4.78, 5) is 26.2. The molecule has 0 aliphatic heterocycles. The summed E-state index contributed by atoms with van der Waals surface area (Å²) in [5.74, 6) is 0.625. The van der Waals surface area contributed by atoms with Gasteiger partial charge >= 0.3 is 0 Å². The molecule has 7 heteroatoms. The van der Waals surface area contributed by atoms with E-state index in [0.717, 1.165) is 17.7 Å². The minimum Gasteiger partial charge on any atom is -0.360 e. The van der Waals surface area contributed by atoms with Gasteiger partial charge in [0.2, 0.25) is 11.8 Å². The third kappa shape index (κ3) is 6.04. The van der Waals surface area contributed by atoms with Crippen molar-refractivity contribution in [2.45, 2.75) is 27.2 Å². The van der Waals surface area contributed by atoms with E-state index in [-0.39, 0.29) is 24.9 Å². The van der Waals surface area contributed by atoms with E-state index in [9.17, 15) is 9.59 Å². The number of rotatable bonds is 8. The van der Waals surface area contributed by atoms with Gasteiger partial charge in [0, 0.05) is 11.8 Å². The van der Waals surface area contributed by atoms with E-state index in [0.29, 0.717) is 18.1 Å². The highest BCUT2D eigenvalue weighted by atomic mass is 16.5. The largest absolute Gasteiger partial charge is 0.360 e. The highest BCUT2D eigenvalue weighted by Gasteiger charge is 2.15. The topological polar surface area (TPSA) is 87.5 Å². The van der Waals surface area contributed by atoms with E-state index in [1.165, 1.54) is 0 Å². The van der Waals surface area contributed by atoms with Crippen LogP contribution in [0.4, 0.5) is 11.5 Å². The zero-order valence-electron chi connectivity index (χ0n) is 14.8. The second-order valence-electron chi connectivity index (χ2n) is 5.94. The highest BCUT2D eigenvalue weighted by Crippen LogP contribution is 2.13. The fourth-order valence-corrected chi connectivity index (χ4v) is 2.45. The van der Waals surface area contributed by atoms with Crippen molar-refractivity contribution in [3.63, 3.8) is 0 Å². The molecule has 0 fully saturated rings. The SMILES string of the molecule is CCCN(CC(=O)Nc1cc(C)on1)CC(=O)Nc1ccccc1C. The summed E-state index contributed by atoms with van der Waals surface area (Å²) < 4.78 is 4.92. The van der Waals surface area contributed by atoms with E-state index in [1.807, 2.05) is 38.1 Å². The van der Waals surface area contributed by atoms with E-state index < -0.39 is 0 Å². The highest BCUT2D eigenvalue weighted by molar-refractivity contribution is 5.94. The Morgan fingerprint density at radius 2 is 1.80 bits per heavy atom. The molecule has 1 heterocycles. The first-order chi connectivity index (χ1) is 12.0. The average Bonchev–Trinajstić information content (AvgIpc) is 2.94. The van der Waals surface area contributed by atoms with Crippen molar-refractivity contribution < 1.29 is 14.1 Å². The number of aromatic nitrogens is 1. The van der Waals surface area contributed by atoms with Gasteiger partial charge < -0.3 is 15.2 Å². The van der Waals surface area contributed by atoms with Crippen LogP contribution in [0, 0.1) is 13.8 Å². The van der Waals surface area contributed by atoms with E-state index in [4.69, 9.17) is 4.52 Å². The van der Waals surface area contributed by atoms with Crippen molar-refractivity contribution in [1.82, 2.24) is 10.1 Å². The molecule has 0 bridgehead atoms. The van der Waals surface area contributed by atoms with Crippen LogP contribution in [0.1, 0.15) is 24.7 Å². The van der Waals surface area contributed by atoms with Gasteiger partial charge in [0.15, 0.2) is 5.82 Å². The van der Waals surface area contributed by atoms with Crippen LogP contribution in [0.25, 0.3) is 0 Å². The molecular formula is C18H24N4O3. The number of carbonyl (C=O) groups is 2. The van der Waals surface area contributed by atoms with Crippen LogP contribution < -0.4 is 10.6 Å². The number of carbonyl (C=O) groups excluding carboxylic acids is 2. The minimum absolute atomic E-state index is 0.112. The third-order valence-electron chi connectivity index (χ3n) is 3.59. The van der Waals surface area contributed by atoms with Crippen molar-refractivity contribution >= 4 is 23.3 Å². The molecule has 25 heavy (non-hydrogen) atoms. The van der Waals surface area contributed by atoms with Gasteiger partial charge in [-0.05, 0) is 38.4 Å². The Morgan fingerprint density at radius 3 is 2.40 bits per heavy atom. The lowest BCUT2D eigenvalue weighted by Crippen LogP contribution is -2.39. The molecule has 2 N–H and O–H groups in total. The molecule has 0 saturated carbocycles. The summed E-state index contributed by atoms with van der Waals surface area (Å²) in [6.07, 6.45) is 0.841. The fourth-order valence-electron chi connectivity index (χ4n) is 2.45. The standard InChI is InChI=1S/C18H24N4O3/c1-4-9-22(12-18(24)20-16-10-14(3)25-21-16)11-17(23)19-15-8-6-5-7-13(15)2/h5-8,10H,4,9,11-12H2,1-3H3,(H,19,23)(H,20,21,24). The summed E-state index contributed by atoms with van der Waals surface area (Å²) in [7, 11) is 0. The zero-order valence-corrected chi connectivity index (χ0v) is 14.8. The van der Waals surface area contributed by atoms with E-state index >= 15 is 0 Å². The molecule has 134 valence electrons. The Kier molecular flexibility index (Phi) is 6.71. The van der Waals surface area contributed by atoms with Crippen molar-refractivity contribution in [3.8, 4) is 0 Å². The maximum absolute atomic E-state index is 12.3. The number of nitrogens with zero attached hydrogens (tertiary/aromatic N) is 2. The fraction of sp³-hybridized carbons (Fsp3) is 0.389. The van der Waals surface area contributed by atoms with Crippen LogP contribution in [-0.2, 0) is 9.59 Å². The monoisotopic (exact) mass is 344 g/mol. The van der Waals surface area contributed by atoms with Gasteiger partial charge in [0.1, 0.15) is 5.76 Å².